The minimum atomic E-state index is -0.416. The zero-order chi connectivity index (χ0) is 13.7. The molecule has 2 rings (SSSR count). The molecule has 0 aliphatic carbocycles. The molecular weight excluding hydrogens is 249 g/mol. The van der Waals surface area contributed by atoms with Gasteiger partial charge in [0.2, 0.25) is 5.89 Å². The Balaban J connectivity index is 1.99. The maximum absolute atomic E-state index is 13.7. The van der Waals surface area contributed by atoms with Gasteiger partial charge in [0.1, 0.15) is 0 Å². The maximum Gasteiger partial charge on any atom is 0.253 e. The van der Waals surface area contributed by atoms with Gasteiger partial charge in [0.25, 0.3) is 5.89 Å². The normalized spacial score (nSPS) is 10.7. The van der Waals surface area contributed by atoms with E-state index >= 15 is 0 Å². The summed E-state index contributed by atoms with van der Waals surface area (Å²) in [6, 6.07) is 4.79. The molecular formula is C13H16FN3O2. The minimum Gasteiger partial charge on any atom is -0.481 e. The van der Waals surface area contributed by atoms with Crippen LogP contribution >= 0.6 is 0 Å². The highest BCUT2D eigenvalue weighted by molar-refractivity contribution is 5.29. The van der Waals surface area contributed by atoms with Crippen molar-refractivity contribution in [1.82, 2.24) is 10.2 Å². The molecule has 1 heterocycles. The molecule has 0 spiro atoms. The minimum absolute atomic E-state index is 0.0557. The lowest BCUT2D eigenvalue weighted by Gasteiger charge is -2.06. The summed E-state index contributed by atoms with van der Waals surface area (Å²) in [6.45, 7) is 2.45. The van der Waals surface area contributed by atoms with Gasteiger partial charge in [-0.1, -0.05) is 13.0 Å². The van der Waals surface area contributed by atoms with E-state index in [1.165, 1.54) is 6.07 Å². The highest BCUT2D eigenvalue weighted by atomic mass is 19.1. The zero-order valence-electron chi connectivity index (χ0n) is 10.7. The average molecular weight is 265 g/mol. The van der Waals surface area contributed by atoms with Gasteiger partial charge in [-0.25, -0.2) is 4.39 Å². The number of aryl methyl sites for hydroxylation is 1. The molecule has 19 heavy (non-hydrogen) atoms. The molecule has 5 nitrogen and oxygen atoms in total. The monoisotopic (exact) mass is 265 g/mol. The van der Waals surface area contributed by atoms with Gasteiger partial charge in [0.05, 0.1) is 0 Å². The summed E-state index contributed by atoms with van der Waals surface area (Å²) in [4.78, 5) is 0. The summed E-state index contributed by atoms with van der Waals surface area (Å²) in [5, 5.41) is 7.60. The van der Waals surface area contributed by atoms with Crippen LogP contribution < -0.4 is 10.5 Å². The Hall–Kier alpha value is -1.95. The molecule has 0 radical (unpaired) electrons. The molecule has 1 aromatic carbocycles. The smallest absolute Gasteiger partial charge is 0.253 e. The van der Waals surface area contributed by atoms with Crippen LogP contribution in [-0.2, 0) is 19.4 Å². The first-order valence-corrected chi connectivity index (χ1v) is 6.15. The third-order valence-corrected chi connectivity index (χ3v) is 2.59. The summed E-state index contributed by atoms with van der Waals surface area (Å²) >= 11 is 0. The second-order valence-electron chi connectivity index (χ2n) is 4.04. The molecule has 102 valence electrons. The molecule has 0 saturated carbocycles. The number of hydrogen-bond donors (Lipinski definition) is 1. The standard InChI is InChI=1S/C13H16FN3O2/c1-2-12-16-17-13(19-12)8-18-11-4-3-9(5-6-15)7-10(11)14/h3-4,7H,2,5-6,8,15H2,1H3. The molecule has 0 unspecified atom stereocenters. The number of rotatable bonds is 6. The molecule has 0 bridgehead atoms. The van der Waals surface area contributed by atoms with Crippen molar-refractivity contribution in [2.45, 2.75) is 26.4 Å². The van der Waals surface area contributed by atoms with Crippen LogP contribution in [0.15, 0.2) is 22.6 Å². The van der Waals surface area contributed by atoms with E-state index in [2.05, 4.69) is 10.2 Å². The number of hydrogen-bond acceptors (Lipinski definition) is 5. The van der Waals surface area contributed by atoms with Crippen LogP contribution in [0.1, 0.15) is 24.3 Å². The van der Waals surface area contributed by atoms with Gasteiger partial charge in [-0.3, -0.25) is 0 Å². The summed E-state index contributed by atoms with van der Waals surface area (Å²) in [6.07, 6.45) is 1.30. The van der Waals surface area contributed by atoms with Crippen molar-refractivity contribution in [3.63, 3.8) is 0 Å². The number of nitrogens with zero attached hydrogens (tertiary/aromatic N) is 2. The molecule has 0 fully saturated rings. The Kier molecular flexibility index (Phi) is 4.46. The number of halogens is 1. The Morgan fingerprint density at radius 2 is 2.11 bits per heavy atom. The fourth-order valence-electron chi connectivity index (χ4n) is 1.61. The van der Waals surface area contributed by atoms with Crippen molar-refractivity contribution in [1.29, 1.82) is 0 Å². The summed E-state index contributed by atoms with van der Waals surface area (Å²) < 4.78 is 24.3. The molecule has 2 N–H and O–H groups in total. The van der Waals surface area contributed by atoms with E-state index in [4.69, 9.17) is 14.9 Å². The van der Waals surface area contributed by atoms with Gasteiger partial charge >= 0.3 is 0 Å². The topological polar surface area (TPSA) is 74.2 Å². The highest BCUT2D eigenvalue weighted by Crippen LogP contribution is 2.19. The van der Waals surface area contributed by atoms with E-state index in [1.54, 1.807) is 12.1 Å². The SMILES string of the molecule is CCc1nnc(COc2ccc(CCN)cc2F)o1. The van der Waals surface area contributed by atoms with Gasteiger partial charge in [-0.05, 0) is 30.7 Å². The van der Waals surface area contributed by atoms with E-state index in [-0.39, 0.29) is 12.4 Å². The molecule has 2 aromatic rings. The van der Waals surface area contributed by atoms with Crippen molar-refractivity contribution >= 4 is 0 Å². The van der Waals surface area contributed by atoms with Gasteiger partial charge in [-0.2, -0.15) is 0 Å². The molecule has 0 atom stereocenters. The Morgan fingerprint density at radius 3 is 2.74 bits per heavy atom. The van der Waals surface area contributed by atoms with E-state index in [1.807, 2.05) is 6.92 Å². The molecule has 0 aliphatic heterocycles. The van der Waals surface area contributed by atoms with Crippen LogP contribution in [0, 0.1) is 5.82 Å². The summed E-state index contributed by atoms with van der Waals surface area (Å²) in [5.74, 6) is 0.623. The van der Waals surface area contributed by atoms with Crippen LogP contribution in [0.4, 0.5) is 4.39 Å². The quantitative estimate of drug-likeness (QED) is 0.862. The largest absolute Gasteiger partial charge is 0.481 e. The first-order chi connectivity index (χ1) is 9.22. The van der Waals surface area contributed by atoms with Gasteiger partial charge in [-0.15, -0.1) is 10.2 Å². The molecule has 0 aliphatic rings. The third-order valence-electron chi connectivity index (χ3n) is 2.59. The second-order valence-corrected chi connectivity index (χ2v) is 4.04. The van der Waals surface area contributed by atoms with Crippen LogP contribution in [0.5, 0.6) is 5.75 Å². The van der Waals surface area contributed by atoms with Crippen LogP contribution in [-0.4, -0.2) is 16.7 Å². The highest BCUT2D eigenvalue weighted by Gasteiger charge is 2.08. The Labute approximate surface area is 110 Å². The second kappa shape index (κ2) is 6.29. The Bertz CT molecular complexity index is 542. The number of nitrogens with two attached hydrogens (primary N) is 1. The van der Waals surface area contributed by atoms with Crippen LogP contribution in [0.2, 0.25) is 0 Å². The van der Waals surface area contributed by atoms with E-state index in [9.17, 15) is 4.39 Å². The van der Waals surface area contributed by atoms with Crippen molar-refractivity contribution in [2.24, 2.45) is 5.73 Å². The van der Waals surface area contributed by atoms with E-state index in [0.29, 0.717) is 31.2 Å². The van der Waals surface area contributed by atoms with Crippen molar-refractivity contribution in [3.05, 3.63) is 41.4 Å². The lowest BCUT2D eigenvalue weighted by Crippen LogP contribution is -2.03. The van der Waals surface area contributed by atoms with Gasteiger partial charge in [0, 0.05) is 6.42 Å². The summed E-state index contributed by atoms with van der Waals surface area (Å²) in [5.41, 5.74) is 6.26. The Morgan fingerprint density at radius 1 is 1.32 bits per heavy atom. The van der Waals surface area contributed by atoms with Crippen LogP contribution in [0.25, 0.3) is 0 Å². The molecule has 6 heteroatoms. The fourth-order valence-corrected chi connectivity index (χ4v) is 1.61. The zero-order valence-corrected chi connectivity index (χ0v) is 10.7. The molecule has 0 amide bonds. The van der Waals surface area contributed by atoms with Gasteiger partial charge < -0.3 is 14.9 Å². The van der Waals surface area contributed by atoms with Crippen molar-refractivity contribution in [3.8, 4) is 5.75 Å². The van der Waals surface area contributed by atoms with Gasteiger partial charge in [0.15, 0.2) is 18.2 Å². The molecule has 0 saturated heterocycles. The number of ether oxygens (including phenoxy) is 1. The predicted octanol–water partition coefficient (Wildman–Crippen LogP) is 1.85. The lowest BCUT2D eigenvalue weighted by atomic mass is 10.1. The number of benzene rings is 1. The summed E-state index contributed by atoms with van der Waals surface area (Å²) in [7, 11) is 0. The van der Waals surface area contributed by atoms with Crippen LogP contribution in [0.3, 0.4) is 0 Å². The fraction of sp³-hybridized carbons (Fsp3) is 0.385. The lowest BCUT2D eigenvalue weighted by molar-refractivity contribution is 0.248. The average Bonchev–Trinajstić information content (AvgIpc) is 2.86. The van der Waals surface area contributed by atoms with E-state index < -0.39 is 5.82 Å². The maximum atomic E-state index is 13.7. The first-order valence-electron chi connectivity index (χ1n) is 6.15. The third kappa shape index (κ3) is 3.51. The van der Waals surface area contributed by atoms with Crippen molar-refractivity contribution in [2.75, 3.05) is 6.54 Å². The molecule has 1 aromatic heterocycles. The number of aromatic nitrogens is 2. The van der Waals surface area contributed by atoms with E-state index in [0.717, 1.165) is 5.56 Å². The van der Waals surface area contributed by atoms with Crippen molar-refractivity contribution < 1.29 is 13.5 Å². The first kappa shape index (κ1) is 13.5. The predicted molar refractivity (Wildman–Crippen MR) is 67.2 cm³/mol.